The number of aliphatic hydroxyl groups is 5. The molecule has 0 amide bonds. The number of benzene rings is 1. The third-order valence-electron chi connectivity index (χ3n) is 7.45. The van der Waals surface area contributed by atoms with Gasteiger partial charge in [0.1, 0.15) is 31.0 Å². The predicted molar refractivity (Wildman–Crippen MR) is 111 cm³/mol. The Kier molecular flexibility index (Phi) is 5.99. The van der Waals surface area contributed by atoms with Gasteiger partial charge in [0.2, 0.25) is 0 Å². The molecule has 0 radical (unpaired) electrons. The van der Waals surface area contributed by atoms with Crippen molar-refractivity contribution in [3.05, 3.63) is 35.9 Å². The Hall–Kier alpha value is -1.67. The van der Waals surface area contributed by atoms with E-state index in [4.69, 9.17) is 23.7 Å². The van der Waals surface area contributed by atoms with E-state index in [-0.39, 0.29) is 6.42 Å². The van der Waals surface area contributed by atoms with Gasteiger partial charge in [0.15, 0.2) is 24.0 Å². The molecule has 1 aromatic rings. The summed E-state index contributed by atoms with van der Waals surface area (Å²) < 4.78 is 29.3. The van der Waals surface area contributed by atoms with Gasteiger partial charge in [0, 0.05) is 6.42 Å². The van der Waals surface area contributed by atoms with Gasteiger partial charge < -0.3 is 49.2 Å². The number of aliphatic hydroxyl groups excluding tert-OH is 4. The molecule has 4 fully saturated rings. The maximum atomic E-state index is 12.7. The number of carbonyl (C=O) groups is 1. The Morgan fingerprint density at radius 2 is 1.85 bits per heavy atom. The number of hydrogen-bond acceptors (Lipinski definition) is 11. The van der Waals surface area contributed by atoms with Crippen LogP contribution in [-0.4, -0.2) is 98.7 Å². The van der Waals surface area contributed by atoms with Crippen LogP contribution >= 0.6 is 0 Å². The number of fused-ring (bicyclic) bond motifs is 2. The van der Waals surface area contributed by atoms with Crippen LogP contribution in [-0.2, 0) is 23.7 Å². The van der Waals surface area contributed by atoms with Crippen molar-refractivity contribution in [3.8, 4) is 0 Å². The Labute approximate surface area is 195 Å². The summed E-state index contributed by atoms with van der Waals surface area (Å²) in [7, 11) is 0. The number of ether oxygens (including phenoxy) is 5. The Morgan fingerprint density at radius 1 is 1.12 bits per heavy atom. The second-order valence-corrected chi connectivity index (χ2v) is 9.84. The topological polar surface area (TPSA) is 164 Å². The molecule has 3 bridgehead atoms. The van der Waals surface area contributed by atoms with Crippen LogP contribution in [0.4, 0.5) is 0 Å². The highest BCUT2D eigenvalue weighted by atomic mass is 16.8. The minimum atomic E-state index is -1.69. The minimum Gasteiger partial charge on any atom is -0.459 e. The van der Waals surface area contributed by atoms with Crippen molar-refractivity contribution in [1.82, 2.24) is 0 Å². The van der Waals surface area contributed by atoms with Gasteiger partial charge in [-0.25, -0.2) is 4.79 Å². The summed E-state index contributed by atoms with van der Waals surface area (Å²) in [6.07, 6.45) is -7.66. The largest absolute Gasteiger partial charge is 0.459 e. The lowest BCUT2D eigenvalue weighted by atomic mass is 9.71. The lowest BCUT2D eigenvalue weighted by Crippen LogP contribution is -2.63. The Balaban J connectivity index is 1.47. The van der Waals surface area contributed by atoms with E-state index in [0.29, 0.717) is 18.4 Å². The molecule has 6 unspecified atom stereocenters. The van der Waals surface area contributed by atoms with Crippen LogP contribution in [0.15, 0.2) is 30.3 Å². The molecule has 3 saturated heterocycles. The van der Waals surface area contributed by atoms with E-state index >= 15 is 0 Å². The molecule has 188 valence electrons. The number of rotatable bonds is 6. The second kappa shape index (κ2) is 8.47. The predicted octanol–water partition coefficient (Wildman–Crippen LogP) is -0.967. The number of esters is 1. The van der Waals surface area contributed by atoms with Crippen LogP contribution < -0.4 is 0 Å². The summed E-state index contributed by atoms with van der Waals surface area (Å²) in [4.78, 5) is 12.7. The highest BCUT2D eigenvalue weighted by molar-refractivity contribution is 5.89. The summed E-state index contributed by atoms with van der Waals surface area (Å²) >= 11 is 0. The monoisotopic (exact) mass is 482 g/mol. The zero-order valence-electron chi connectivity index (χ0n) is 18.6. The van der Waals surface area contributed by atoms with Gasteiger partial charge in [0.25, 0.3) is 0 Å². The van der Waals surface area contributed by atoms with Crippen LogP contribution in [0.1, 0.15) is 36.5 Å². The molecule has 0 spiro atoms. The van der Waals surface area contributed by atoms with Crippen molar-refractivity contribution in [3.63, 3.8) is 0 Å². The fraction of sp³-hybridized carbons (Fsp3) is 0.696. The average molecular weight is 482 g/mol. The zero-order valence-corrected chi connectivity index (χ0v) is 18.6. The van der Waals surface area contributed by atoms with Gasteiger partial charge in [-0.15, -0.1) is 0 Å². The molecular formula is C23H30O11. The minimum absolute atomic E-state index is 0.174. The van der Waals surface area contributed by atoms with Crippen LogP contribution in [0.5, 0.6) is 0 Å². The normalized spacial score (nSPS) is 47.5. The zero-order chi connectivity index (χ0) is 24.3. The van der Waals surface area contributed by atoms with Gasteiger partial charge in [-0.05, 0) is 31.9 Å². The van der Waals surface area contributed by atoms with Crippen LogP contribution in [0, 0.1) is 5.92 Å². The maximum absolute atomic E-state index is 12.7. The molecule has 4 aliphatic rings. The molecule has 3 aliphatic heterocycles. The van der Waals surface area contributed by atoms with Gasteiger partial charge in [-0.2, -0.15) is 0 Å². The molecule has 1 aromatic carbocycles. The molecule has 5 rings (SSSR count). The Bertz CT molecular complexity index is 911. The van der Waals surface area contributed by atoms with Gasteiger partial charge in [0.05, 0.1) is 23.7 Å². The van der Waals surface area contributed by atoms with E-state index < -0.39 is 79.1 Å². The fourth-order valence-corrected chi connectivity index (χ4v) is 5.66. The standard InChI is InChI=1S/C23H30O11/c1-21-8-7-14-22(20(33-21)34-23(14,29)10-21,11-30-18(28)12-5-3-2-4-6-12)32-19-17(27)16(26)15(25)13(9-24)31-19/h2-6,13-17,19-20,24-27,29H,7-11H2,1H3/t13?,14?,15?,16?,17?,19?,20-,21+,22-,23+/m0/s1. The maximum Gasteiger partial charge on any atom is 0.338 e. The first kappa shape index (κ1) is 24.0. The smallest absolute Gasteiger partial charge is 0.338 e. The molecule has 1 saturated carbocycles. The quantitative estimate of drug-likeness (QED) is 0.317. The molecule has 5 N–H and O–H groups in total. The third-order valence-corrected chi connectivity index (χ3v) is 7.45. The Morgan fingerprint density at radius 3 is 2.56 bits per heavy atom. The van der Waals surface area contributed by atoms with Crippen molar-refractivity contribution >= 4 is 5.97 Å². The summed E-state index contributed by atoms with van der Waals surface area (Å²) in [5.74, 6) is -2.97. The van der Waals surface area contributed by atoms with Crippen molar-refractivity contribution in [1.29, 1.82) is 0 Å². The first-order valence-corrected chi connectivity index (χ1v) is 11.4. The van der Waals surface area contributed by atoms with E-state index in [1.54, 1.807) is 30.3 Å². The van der Waals surface area contributed by atoms with Crippen LogP contribution in [0.2, 0.25) is 0 Å². The molecule has 34 heavy (non-hydrogen) atoms. The number of hydrogen-bond donors (Lipinski definition) is 5. The van der Waals surface area contributed by atoms with Gasteiger partial charge in [-0.3, -0.25) is 0 Å². The fourth-order valence-electron chi connectivity index (χ4n) is 5.66. The lowest BCUT2D eigenvalue weighted by molar-refractivity contribution is -0.379. The molecular weight excluding hydrogens is 452 g/mol. The van der Waals surface area contributed by atoms with Gasteiger partial charge in [-0.1, -0.05) is 18.2 Å². The average Bonchev–Trinajstić information content (AvgIpc) is 2.92. The molecule has 11 heteroatoms. The molecule has 11 nitrogen and oxygen atoms in total. The summed E-state index contributed by atoms with van der Waals surface area (Å²) in [5, 5.41) is 51.8. The van der Waals surface area contributed by atoms with Crippen molar-refractivity contribution < 1.29 is 54.0 Å². The van der Waals surface area contributed by atoms with E-state index in [1.807, 2.05) is 6.92 Å². The summed E-state index contributed by atoms with van der Waals surface area (Å²) in [5.41, 5.74) is -1.98. The first-order valence-electron chi connectivity index (χ1n) is 11.4. The van der Waals surface area contributed by atoms with E-state index in [0.717, 1.165) is 0 Å². The van der Waals surface area contributed by atoms with Crippen molar-refractivity contribution in [2.24, 2.45) is 5.92 Å². The summed E-state index contributed by atoms with van der Waals surface area (Å²) in [6.45, 7) is 0.815. The summed E-state index contributed by atoms with van der Waals surface area (Å²) in [6, 6.07) is 8.33. The van der Waals surface area contributed by atoms with Crippen LogP contribution in [0.3, 0.4) is 0 Å². The van der Waals surface area contributed by atoms with E-state index in [2.05, 4.69) is 0 Å². The molecule has 0 aromatic heterocycles. The molecule has 3 heterocycles. The molecule has 10 atom stereocenters. The van der Waals surface area contributed by atoms with Crippen molar-refractivity contribution in [2.45, 2.75) is 80.2 Å². The van der Waals surface area contributed by atoms with E-state index in [1.165, 1.54) is 0 Å². The SMILES string of the molecule is C[C@@]12CCC3[C@@](O)(C1)O[C@H](O2)[C@@]3(COC(=O)c1ccccc1)OC1OC(CO)C(O)C(O)C1O. The first-order chi connectivity index (χ1) is 16.1. The molecule has 1 aliphatic carbocycles. The third kappa shape index (κ3) is 3.76. The van der Waals surface area contributed by atoms with Gasteiger partial charge >= 0.3 is 5.97 Å². The lowest BCUT2D eigenvalue weighted by Gasteiger charge is -2.46. The number of carbonyl (C=O) groups excluding carboxylic acids is 1. The van der Waals surface area contributed by atoms with Crippen molar-refractivity contribution in [2.75, 3.05) is 13.2 Å². The highest BCUT2D eigenvalue weighted by Crippen LogP contribution is 2.60. The second-order valence-electron chi connectivity index (χ2n) is 9.84. The highest BCUT2D eigenvalue weighted by Gasteiger charge is 2.74. The van der Waals surface area contributed by atoms with Crippen LogP contribution in [0.25, 0.3) is 0 Å². The van der Waals surface area contributed by atoms with E-state index in [9.17, 15) is 30.3 Å².